The van der Waals surface area contributed by atoms with Crippen LogP contribution in [-0.2, 0) is 4.79 Å². The van der Waals surface area contributed by atoms with Crippen molar-refractivity contribution in [2.75, 3.05) is 12.0 Å². The van der Waals surface area contributed by atoms with Crippen LogP contribution in [0.15, 0.2) is 41.6 Å². The molecule has 0 fully saturated rings. The molecule has 0 spiro atoms. The fourth-order valence-electron chi connectivity index (χ4n) is 1.83. The summed E-state index contributed by atoms with van der Waals surface area (Å²) in [6.07, 6.45) is 6.16. The second-order valence-corrected chi connectivity index (χ2v) is 5.65. The van der Waals surface area contributed by atoms with Crippen molar-refractivity contribution >= 4 is 34.8 Å². The lowest BCUT2D eigenvalue weighted by molar-refractivity contribution is -0.403. The van der Waals surface area contributed by atoms with Crippen molar-refractivity contribution in [1.82, 2.24) is 10.4 Å². The largest absolute Gasteiger partial charge is 0.347 e. The minimum absolute atomic E-state index is 0.150. The van der Waals surface area contributed by atoms with Gasteiger partial charge >= 0.3 is 0 Å². The van der Waals surface area contributed by atoms with Crippen molar-refractivity contribution in [3.63, 3.8) is 0 Å². The number of hydrazone groups is 1. The lowest BCUT2D eigenvalue weighted by Crippen LogP contribution is -2.67. The maximum Gasteiger partial charge on any atom is 0.298 e. The highest BCUT2D eigenvalue weighted by Crippen LogP contribution is 2.11. The highest BCUT2D eigenvalue weighted by atomic mass is 32.2. The molecule has 0 saturated carbocycles. The fraction of sp³-hybridized carbons (Fsp3) is 0.267. The summed E-state index contributed by atoms with van der Waals surface area (Å²) in [6, 6.07) is 9.45. The summed E-state index contributed by atoms with van der Waals surface area (Å²) in [4.78, 5) is 16.0. The van der Waals surface area contributed by atoms with Gasteiger partial charge in [-0.15, -0.1) is 0 Å². The number of nitrogens with zero attached hydrogens (tertiary/aromatic N) is 2. The van der Waals surface area contributed by atoms with Gasteiger partial charge in [0.1, 0.15) is 0 Å². The molecule has 2 rings (SSSR count). The van der Waals surface area contributed by atoms with Crippen molar-refractivity contribution in [3.05, 3.63) is 42.1 Å². The SMILES string of the molecule is CSCC[C@H]([NH3+])C(=O)N/N=C\c1ccc2ncccc2c1. The molecule has 1 atom stereocenters. The summed E-state index contributed by atoms with van der Waals surface area (Å²) >= 11 is 1.70. The Morgan fingerprint density at radius 3 is 3.19 bits per heavy atom. The number of rotatable bonds is 6. The number of pyridine rings is 1. The standard InChI is InChI=1S/C15H18N4OS/c1-21-8-6-13(16)15(20)19-18-10-11-4-5-14-12(9-11)3-2-7-17-14/h2-5,7,9-10,13H,6,8,16H2,1H3,(H,19,20)/p+1/b18-10-/t13-/m0/s1. The van der Waals surface area contributed by atoms with Crippen molar-refractivity contribution in [2.45, 2.75) is 12.5 Å². The fourth-order valence-corrected chi connectivity index (χ4v) is 2.35. The molecule has 4 N–H and O–H groups in total. The van der Waals surface area contributed by atoms with Gasteiger partial charge in [0.15, 0.2) is 6.04 Å². The van der Waals surface area contributed by atoms with Crippen LogP contribution in [0.4, 0.5) is 0 Å². The van der Waals surface area contributed by atoms with E-state index in [9.17, 15) is 4.79 Å². The Kier molecular flexibility index (Phi) is 5.71. The number of carbonyl (C=O) groups is 1. The van der Waals surface area contributed by atoms with E-state index in [-0.39, 0.29) is 11.9 Å². The Hall–Kier alpha value is -1.92. The second kappa shape index (κ2) is 7.75. The molecule has 6 heteroatoms. The zero-order chi connectivity index (χ0) is 15.1. The number of nitrogens with one attached hydrogen (secondary N) is 1. The van der Waals surface area contributed by atoms with Gasteiger partial charge in [-0.2, -0.15) is 16.9 Å². The third-order valence-corrected chi connectivity index (χ3v) is 3.70. The van der Waals surface area contributed by atoms with Gasteiger partial charge < -0.3 is 5.73 Å². The quantitative estimate of drug-likeness (QED) is 0.618. The lowest BCUT2D eigenvalue weighted by atomic mass is 10.1. The van der Waals surface area contributed by atoms with E-state index < -0.39 is 0 Å². The number of benzene rings is 1. The number of quaternary nitrogens is 1. The third-order valence-electron chi connectivity index (χ3n) is 3.06. The average Bonchev–Trinajstić information content (AvgIpc) is 2.52. The topological polar surface area (TPSA) is 82.0 Å². The van der Waals surface area contributed by atoms with E-state index in [4.69, 9.17) is 0 Å². The molecule has 0 aliphatic heterocycles. The molecule has 0 bridgehead atoms. The van der Waals surface area contributed by atoms with Crippen molar-refractivity contribution in [3.8, 4) is 0 Å². The van der Waals surface area contributed by atoms with Gasteiger partial charge in [-0.25, -0.2) is 5.43 Å². The molecule has 110 valence electrons. The molecule has 21 heavy (non-hydrogen) atoms. The first-order valence-electron chi connectivity index (χ1n) is 6.70. The Bertz CT molecular complexity index is 644. The zero-order valence-corrected chi connectivity index (χ0v) is 12.8. The van der Waals surface area contributed by atoms with Crippen LogP contribution in [0.5, 0.6) is 0 Å². The molecular weight excluding hydrogens is 284 g/mol. The second-order valence-electron chi connectivity index (χ2n) is 4.67. The molecule has 1 aromatic carbocycles. The molecule has 0 saturated heterocycles. The number of carbonyl (C=O) groups excluding carboxylic acids is 1. The van der Waals surface area contributed by atoms with Crippen LogP contribution in [0, 0.1) is 0 Å². The number of hydrogen-bond acceptors (Lipinski definition) is 4. The summed E-state index contributed by atoms with van der Waals surface area (Å²) < 4.78 is 0. The molecule has 0 aliphatic rings. The number of fused-ring (bicyclic) bond motifs is 1. The van der Waals surface area contributed by atoms with Crippen LogP contribution < -0.4 is 11.2 Å². The zero-order valence-electron chi connectivity index (χ0n) is 12.0. The number of hydrogen-bond donors (Lipinski definition) is 2. The molecule has 5 nitrogen and oxygen atoms in total. The van der Waals surface area contributed by atoms with Crippen LogP contribution in [0.2, 0.25) is 0 Å². The summed E-state index contributed by atoms with van der Waals surface area (Å²) in [6.45, 7) is 0. The van der Waals surface area contributed by atoms with Crippen molar-refractivity contribution in [1.29, 1.82) is 0 Å². The highest BCUT2D eigenvalue weighted by Gasteiger charge is 2.15. The summed E-state index contributed by atoms with van der Waals surface area (Å²) in [5.41, 5.74) is 8.22. The van der Waals surface area contributed by atoms with Crippen LogP contribution in [-0.4, -0.2) is 35.2 Å². The Morgan fingerprint density at radius 1 is 1.52 bits per heavy atom. The maximum atomic E-state index is 11.7. The Balaban J connectivity index is 1.95. The lowest BCUT2D eigenvalue weighted by Gasteiger charge is -2.05. The molecular formula is C15H19N4OS+. The molecule has 1 heterocycles. The van der Waals surface area contributed by atoms with E-state index in [0.717, 1.165) is 28.6 Å². The number of amides is 1. The monoisotopic (exact) mass is 303 g/mol. The van der Waals surface area contributed by atoms with Gasteiger partial charge in [0.05, 0.1) is 11.7 Å². The van der Waals surface area contributed by atoms with Gasteiger partial charge in [0.25, 0.3) is 5.91 Å². The normalized spacial score (nSPS) is 12.7. The van der Waals surface area contributed by atoms with Gasteiger partial charge in [0, 0.05) is 18.0 Å². The average molecular weight is 303 g/mol. The van der Waals surface area contributed by atoms with Gasteiger partial charge in [-0.3, -0.25) is 9.78 Å². The van der Waals surface area contributed by atoms with Crippen LogP contribution in [0.3, 0.4) is 0 Å². The first-order chi connectivity index (χ1) is 10.2. The van der Waals surface area contributed by atoms with Crippen LogP contribution in [0.1, 0.15) is 12.0 Å². The van der Waals surface area contributed by atoms with E-state index in [0.29, 0.717) is 0 Å². The third kappa shape index (κ3) is 4.54. The molecule has 0 radical (unpaired) electrons. The molecule has 0 unspecified atom stereocenters. The van der Waals surface area contributed by atoms with Gasteiger partial charge in [0.2, 0.25) is 0 Å². The molecule has 0 aliphatic carbocycles. The van der Waals surface area contributed by atoms with Crippen molar-refractivity contribution in [2.24, 2.45) is 5.10 Å². The minimum Gasteiger partial charge on any atom is -0.347 e. The van der Waals surface area contributed by atoms with Crippen LogP contribution in [0.25, 0.3) is 10.9 Å². The summed E-state index contributed by atoms with van der Waals surface area (Å²) in [5, 5.41) is 5.03. The van der Waals surface area contributed by atoms with Gasteiger partial charge in [-0.05, 0) is 35.8 Å². The van der Waals surface area contributed by atoms with E-state index in [1.165, 1.54) is 0 Å². The predicted octanol–water partition coefficient (Wildman–Crippen LogP) is 1.05. The van der Waals surface area contributed by atoms with E-state index in [1.807, 2.05) is 36.6 Å². The minimum atomic E-state index is -0.268. The van der Waals surface area contributed by atoms with Crippen molar-refractivity contribution < 1.29 is 10.5 Å². The predicted molar refractivity (Wildman–Crippen MR) is 87.2 cm³/mol. The van der Waals surface area contributed by atoms with E-state index in [2.05, 4.69) is 21.2 Å². The van der Waals surface area contributed by atoms with E-state index in [1.54, 1.807) is 24.2 Å². The Labute approximate surface area is 128 Å². The summed E-state index contributed by atoms with van der Waals surface area (Å²) in [5.74, 6) is 0.769. The Morgan fingerprint density at radius 2 is 2.38 bits per heavy atom. The van der Waals surface area contributed by atoms with E-state index >= 15 is 0 Å². The number of thioether (sulfide) groups is 1. The molecule has 1 aromatic heterocycles. The van der Waals surface area contributed by atoms with Crippen LogP contribution >= 0.6 is 11.8 Å². The summed E-state index contributed by atoms with van der Waals surface area (Å²) in [7, 11) is 0. The molecule has 1 amide bonds. The number of aromatic nitrogens is 1. The maximum absolute atomic E-state index is 11.7. The first kappa shape index (κ1) is 15.5. The first-order valence-corrected chi connectivity index (χ1v) is 8.10. The highest BCUT2D eigenvalue weighted by molar-refractivity contribution is 7.98. The van der Waals surface area contributed by atoms with Gasteiger partial charge in [-0.1, -0.05) is 12.1 Å². The molecule has 2 aromatic rings. The smallest absolute Gasteiger partial charge is 0.298 e.